The maximum atomic E-state index is 13.9. The zero-order chi connectivity index (χ0) is 29.5. The summed E-state index contributed by atoms with van der Waals surface area (Å²) >= 11 is 0. The Balaban J connectivity index is 1.38. The number of allylic oxidation sites excluding steroid dienone is 1. The lowest BCUT2D eigenvalue weighted by Crippen LogP contribution is -2.45. The highest BCUT2D eigenvalue weighted by Crippen LogP contribution is 2.34. The molecule has 1 aromatic heterocycles. The van der Waals surface area contributed by atoms with Gasteiger partial charge >= 0.3 is 0 Å². The summed E-state index contributed by atoms with van der Waals surface area (Å²) in [6.07, 6.45) is 5.40. The average molecular weight is 563 g/mol. The number of rotatable bonds is 13. The van der Waals surface area contributed by atoms with Crippen LogP contribution in [0.4, 0.5) is 0 Å². The van der Waals surface area contributed by atoms with Crippen LogP contribution in [0.1, 0.15) is 55.2 Å². The Kier molecular flexibility index (Phi) is 9.10. The number of fused-ring (bicyclic) bond motifs is 1. The van der Waals surface area contributed by atoms with Crippen molar-refractivity contribution < 1.29 is 14.3 Å². The molecule has 2 atom stereocenters. The standard InChI is InChI=1S/C35H38N4O3/c1-35(2,36)32(40)20-28(23-42-22-24-11-5-3-6-12-24)34(41)39-30(19-27-18-17-25-13-9-10-16-29(25)27)33-37-21-31(38-33)26-14-7-4-8-15-26/h3-16,18,21,28,30H,17,19-20,22-23,36H2,1-2H3,(H,37,38)(H,39,41)/t28-,30-/m1/s1. The van der Waals surface area contributed by atoms with Crippen molar-refractivity contribution in [2.75, 3.05) is 6.61 Å². The van der Waals surface area contributed by atoms with E-state index < -0.39 is 17.5 Å². The second kappa shape index (κ2) is 13.1. The zero-order valence-corrected chi connectivity index (χ0v) is 24.2. The van der Waals surface area contributed by atoms with Crippen molar-refractivity contribution in [3.8, 4) is 11.3 Å². The van der Waals surface area contributed by atoms with E-state index in [1.54, 1.807) is 20.0 Å². The minimum Gasteiger partial charge on any atom is -0.376 e. The number of H-pyrrole nitrogens is 1. The van der Waals surface area contributed by atoms with Gasteiger partial charge in [0, 0.05) is 12.8 Å². The predicted octanol–water partition coefficient (Wildman–Crippen LogP) is 5.79. The number of carbonyl (C=O) groups is 2. The van der Waals surface area contributed by atoms with E-state index in [0.29, 0.717) is 18.9 Å². The first kappa shape index (κ1) is 29.2. The van der Waals surface area contributed by atoms with Gasteiger partial charge in [-0.2, -0.15) is 0 Å². The number of ether oxygens (including phenoxy) is 1. The Bertz CT molecular complexity index is 1540. The number of nitrogens with one attached hydrogen (secondary N) is 2. The van der Waals surface area contributed by atoms with Crippen molar-refractivity contribution >= 4 is 17.3 Å². The summed E-state index contributed by atoms with van der Waals surface area (Å²) in [5, 5.41) is 3.21. The van der Waals surface area contributed by atoms with Crippen LogP contribution in [0.15, 0.2) is 97.2 Å². The summed E-state index contributed by atoms with van der Waals surface area (Å²) in [6, 6.07) is 27.6. The first-order chi connectivity index (χ1) is 20.3. The number of nitrogens with two attached hydrogens (primary N) is 1. The molecule has 0 spiro atoms. The summed E-state index contributed by atoms with van der Waals surface area (Å²) in [5.74, 6) is -0.517. The molecule has 7 heteroatoms. The van der Waals surface area contributed by atoms with Crippen molar-refractivity contribution in [2.24, 2.45) is 11.7 Å². The van der Waals surface area contributed by atoms with Crippen molar-refractivity contribution in [3.05, 3.63) is 120 Å². The van der Waals surface area contributed by atoms with Gasteiger partial charge in [0.1, 0.15) is 5.82 Å². The van der Waals surface area contributed by atoms with E-state index in [0.717, 1.165) is 28.8 Å². The van der Waals surface area contributed by atoms with Crippen LogP contribution in [-0.2, 0) is 27.4 Å². The first-order valence-electron chi connectivity index (χ1n) is 14.4. The minimum atomic E-state index is -1.05. The molecule has 0 bridgehead atoms. The van der Waals surface area contributed by atoms with Crippen LogP contribution in [-0.4, -0.2) is 33.8 Å². The molecule has 5 rings (SSSR count). The second-order valence-electron chi connectivity index (χ2n) is 11.5. The van der Waals surface area contributed by atoms with E-state index in [9.17, 15) is 9.59 Å². The number of carbonyl (C=O) groups excluding carboxylic acids is 2. The van der Waals surface area contributed by atoms with Crippen LogP contribution in [0.5, 0.6) is 0 Å². The molecule has 0 radical (unpaired) electrons. The second-order valence-corrected chi connectivity index (χ2v) is 11.5. The third kappa shape index (κ3) is 7.29. The number of aromatic nitrogens is 2. The molecule has 3 aromatic carbocycles. The van der Waals surface area contributed by atoms with Crippen LogP contribution in [0.25, 0.3) is 16.8 Å². The lowest BCUT2D eigenvalue weighted by molar-refractivity contribution is -0.133. The number of imidazole rings is 1. The molecule has 0 saturated carbocycles. The molecule has 1 aliphatic rings. The van der Waals surface area contributed by atoms with E-state index in [-0.39, 0.29) is 24.7 Å². The Labute approximate surface area is 247 Å². The number of nitrogens with zero attached hydrogens (tertiary/aromatic N) is 1. The van der Waals surface area contributed by atoms with Gasteiger partial charge in [0.15, 0.2) is 5.78 Å². The summed E-state index contributed by atoms with van der Waals surface area (Å²) in [6.45, 7) is 3.76. The number of Topliss-reactive ketones (excluding diaryl/α,β-unsaturated/α-hetero) is 1. The van der Waals surface area contributed by atoms with E-state index in [1.807, 2.05) is 72.8 Å². The molecular formula is C35H38N4O3. The Hall–Kier alpha value is -4.33. The van der Waals surface area contributed by atoms with Crippen molar-refractivity contribution in [1.82, 2.24) is 15.3 Å². The maximum Gasteiger partial charge on any atom is 0.226 e. The van der Waals surface area contributed by atoms with Crippen LogP contribution >= 0.6 is 0 Å². The summed E-state index contributed by atoms with van der Waals surface area (Å²) < 4.78 is 5.96. The summed E-state index contributed by atoms with van der Waals surface area (Å²) in [7, 11) is 0. The summed E-state index contributed by atoms with van der Waals surface area (Å²) in [4.78, 5) is 35.0. The number of benzene rings is 3. The average Bonchev–Trinajstić information content (AvgIpc) is 3.65. The Morgan fingerprint density at radius 3 is 2.43 bits per heavy atom. The monoisotopic (exact) mass is 562 g/mol. The number of ketones is 1. The molecule has 1 aliphatic carbocycles. The maximum absolute atomic E-state index is 13.9. The van der Waals surface area contributed by atoms with Gasteiger partial charge in [0.2, 0.25) is 5.91 Å². The molecule has 0 saturated heterocycles. The van der Waals surface area contributed by atoms with E-state index in [2.05, 4.69) is 33.5 Å². The van der Waals surface area contributed by atoms with Gasteiger partial charge in [-0.25, -0.2) is 4.98 Å². The van der Waals surface area contributed by atoms with E-state index in [4.69, 9.17) is 10.5 Å². The van der Waals surface area contributed by atoms with Gasteiger partial charge in [0.05, 0.1) is 42.6 Å². The predicted molar refractivity (Wildman–Crippen MR) is 165 cm³/mol. The highest BCUT2D eigenvalue weighted by atomic mass is 16.5. The van der Waals surface area contributed by atoms with Crippen molar-refractivity contribution in [1.29, 1.82) is 0 Å². The fourth-order valence-electron chi connectivity index (χ4n) is 5.16. The molecule has 7 nitrogen and oxygen atoms in total. The molecule has 0 unspecified atom stereocenters. The minimum absolute atomic E-state index is 0.0181. The molecule has 0 fully saturated rings. The Morgan fingerprint density at radius 2 is 1.69 bits per heavy atom. The largest absolute Gasteiger partial charge is 0.376 e. The highest BCUT2D eigenvalue weighted by molar-refractivity contribution is 5.92. The van der Waals surface area contributed by atoms with Gasteiger partial charge in [0.25, 0.3) is 0 Å². The van der Waals surface area contributed by atoms with Crippen LogP contribution < -0.4 is 11.1 Å². The van der Waals surface area contributed by atoms with Crippen molar-refractivity contribution in [2.45, 2.75) is 51.3 Å². The third-order valence-electron chi connectivity index (χ3n) is 7.63. The molecule has 42 heavy (non-hydrogen) atoms. The van der Waals surface area contributed by atoms with Crippen molar-refractivity contribution in [3.63, 3.8) is 0 Å². The number of aromatic amines is 1. The smallest absolute Gasteiger partial charge is 0.226 e. The van der Waals surface area contributed by atoms with Gasteiger partial charge in [-0.1, -0.05) is 91.0 Å². The molecule has 0 aliphatic heterocycles. The molecule has 1 heterocycles. The highest BCUT2D eigenvalue weighted by Gasteiger charge is 2.31. The zero-order valence-electron chi connectivity index (χ0n) is 24.2. The van der Waals surface area contributed by atoms with E-state index in [1.165, 1.54) is 11.1 Å². The molecule has 1 amide bonds. The fourth-order valence-corrected chi connectivity index (χ4v) is 5.16. The number of amides is 1. The molecule has 216 valence electrons. The topological polar surface area (TPSA) is 110 Å². The number of hydrogen-bond donors (Lipinski definition) is 3. The third-order valence-corrected chi connectivity index (χ3v) is 7.63. The Morgan fingerprint density at radius 1 is 1.00 bits per heavy atom. The molecular weight excluding hydrogens is 524 g/mol. The quantitative estimate of drug-likeness (QED) is 0.191. The summed E-state index contributed by atoms with van der Waals surface area (Å²) in [5.41, 5.74) is 11.5. The SMILES string of the molecule is CC(C)(N)C(=O)C[C@H](COCc1ccccc1)C(=O)N[C@H](CC1=CCc2ccccc21)c1ncc(-c2ccccc2)[nH]1. The first-order valence-corrected chi connectivity index (χ1v) is 14.4. The van der Waals surface area contributed by atoms with Gasteiger partial charge in [-0.3, -0.25) is 9.59 Å². The van der Waals surface area contributed by atoms with Crippen LogP contribution in [0.2, 0.25) is 0 Å². The van der Waals surface area contributed by atoms with Crippen LogP contribution in [0.3, 0.4) is 0 Å². The normalized spacial score (nSPS) is 14.1. The van der Waals surface area contributed by atoms with Gasteiger partial charge < -0.3 is 20.8 Å². The van der Waals surface area contributed by atoms with Crippen LogP contribution in [0, 0.1) is 5.92 Å². The number of hydrogen-bond acceptors (Lipinski definition) is 5. The lowest BCUT2D eigenvalue weighted by atomic mass is 9.91. The van der Waals surface area contributed by atoms with Gasteiger partial charge in [-0.05, 0) is 48.1 Å². The molecule has 4 aromatic rings. The fraction of sp³-hybridized carbons (Fsp3) is 0.286. The van der Waals surface area contributed by atoms with Gasteiger partial charge in [-0.15, -0.1) is 0 Å². The van der Waals surface area contributed by atoms with E-state index >= 15 is 0 Å². The lowest BCUT2D eigenvalue weighted by Gasteiger charge is -2.24. The molecule has 4 N–H and O–H groups in total.